The lowest BCUT2D eigenvalue weighted by molar-refractivity contribution is -0.150. The molecule has 3 aliphatic carbocycles. The summed E-state index contributed by atoms with van der Waals surface area (Å²) in [5.74, 6) is 3.28. The lowest BCUT2D eigenvalue weighted by Crippen LogP contribution is -2.54. The van der Waals surface area contributed by atoms with E-state index in [1.54, 1.807) is 0 Å². The minimum Gasteiger partial charge on any atom is -0.393 e. The number of aliphatic hydroxyl groups excluding tert-OH is 1. The zero-order valence-corrected chi connectivity index (χ0v) is 11.5. The summed E-state index contributed by atoms with van der Waals surface area (Å²) in [5, 5.41) is 21.0. The highest BCUT2D eigenvalue weighted by atomic mass is 16.3. The van der Waals surface area contributed by atoms with Crippen molar-refractivity contribution in [3.05, 3.63) is 0 Å². The first-order valence-electron chi connectivity index (χ1n) is 7.19. The third-order valence-electron chi connectivity index (χ3n) is 6.19. The van der Waals surface area contributed by atoms with Crippen molar-refractivity contribution in [2.75, 3.05) is 0 Å². The van der Waals surface area contributed by atoms with Crippen LogP contribution in [-0.4, -0.2) is 21.9 Å². The van der Waals surface area contributed by atoms with Crippen LogP contribution in [0.2, 0.25) is 0 Å². The molecule has 98 valence electrons. The van der Waals surface area contributed by atoms with Gasteiger partial charge in [-0.15, -0.1) is 0 Å². The van der Waals surface area contributed by atoms with Crippen LogP contribution in [0.1, 0.15) is 47.0 Å². The van der Waals surface area contributed by atoms with Crippen LogP contribution < -0.4 is 0 Å². The Morgan fingerprint density at radius 1 is 1.24 bits per heavy atom. The highest BCUT2D eigenvalue weighted by molar-refractivity contribution is 5.20. The van der Waals surface area contributed by atoms with Gasteiger partial charge < -0.3 is 10.2 Å². The topological polar surface area (TPSA) is 40.5 Å². The van der Waals surface area contributed by atoms with E-state index in [1.807, 2.05) is 6.92 Å². The number of fused-ring (bicyclic) bond motifs is 3. The predicted octanol–water partition coefficient (Wildman–Crippen LogP) is 2.44. The average molecular weight is 238 g/mol. The molecule has 0 spiro atoms. The lowest BCUT2D eigenvalue weighted by atomic mass is 9.58. The molecule has 0 aromatic heterocycles. The molecule has 3 saturated carbocycles. The van der Waals surface area contributed by atoms with Gasteiger partial charge in [0, 0.05) is 0 Å². The summed E-state index contributed by atoms with van der Waals surface area (Å²) in [6.07, 6.45) is 2.46. The smallest absolute Gasteiger partial charge is 0.0657 e. The molecule has 0 bridgehead atoms. The van der Waals surface area contributed by atoms with Gasteiger partial charge in [0.05, 0.1) is 11.7 Å². The second kappa shape index (κ2) is 3.27. The number of aliphatic hydroxyl groups is 2. The van der Waals surface area contributed by atoms with E-state index in [2.05, 4.69) is 20.8 Å². The van der Waals surface area contributed by atoms with Gasteiger partial charge in [-0.3, -0.25) is 0 Å². The summed E-state index contributed by atoms with van der Waals surface area (Å²) in [4.78, 5) is 0. The summed E-state index contributed by atoms with van der Waals surface area (Å²) >= 11 is 0. The van der Waals surface area contributed by atoms with Crippen LogP contribution in [0.3, 0.4) is 0 Å². The van der Waals surface area contributed by atoms with Gasteiger partial charge in [-0.05, 0) is 61.2 Å². The lowest BCUT2D eigenvalue weighted by Gasteiger charge is -2.51. The van der Waals surface area contributed by atoms with Crippen molar-refractivity contribution in [3.8, 4) is 0 Å². The maximum absolute atomic E-state index is 10.7. The fourth-order valence-corrected chi connectivity index (χ4v) is 5.57. The van der Waals surface area contributed by atoms with Gasteiger partial charge in [0.1, 0.15) is 0 Å². The van der Waals surface area contributed by atoms with E-state index in [0.29, 0.717) is 11.8 Å². The summed E-state index contributed by atoms with van der Waals surface area (Å²) in [6.45, 7) is 8.81. The summed E-state index contributed by atoms with van der Waals surface area (Å²) in [7, 11) is 0. The molecular weight excluding hydrogens is 212 g/mol. The Bertz CT molecular complexity index is 336. The van der Waals surface area contributed by atoms with E-state index in [0.717, 1.165) is 37.0 Å². The molecule has 0 amide bonds. The fourth-order valence-electron chi connectivity index (χ4n) is 5.57. The van der Waals surface area contributed by atoms with Gasteiger partial charge in [0.15, 0.2) is 0 Å². The van der Waals surface area contributed by atoms with Crippen LogP contribution in [0.5, 0.6) is 0 Å². The molecule has 3 fully saturated rings. The van der Waals surface area contributed by atoms with Crippen LogP contribution in [-0.2, 0) is 0 Å². The molecule has 0 aromatic carbocycles. The highest BCUT2D eigenvalue weighted by Gasteiger charge is 2.72. The quantitative estimate of drug-likeness (QED) is 0.736. The van der Waals surface area contributed by atoms with E-state index in [4.69, 9.17) is 0 Å². The van der Waals surface area contributed by atoms with Crippen molar-refractivity contribution in [2.45, 2.75) is 58.7 Å². The molecule has 0 heterocycles. The molecule has 17 heavy (non-hydrogen) atoms. The van der Waals surface area contributed by atoms with Gasteiger partial charge in [-0.25, -0.2) is 0 Å². The minimum absolute atomic E-state index is 0.0253. The largest absolute Gasteiger partial charge is 0.393 e. The van der Waals surface area contributed by atoms with E-state index >= 15 is 0 Å². The fraction of sp³-hybridized carbons (Fsp3) is 1.00. The minimum atomic E-state index is -0.558. The molecule has 3 aliphatic rings. The zero-order valence-electron chi connectivity index (χ0n) is 11.5. The maximum atomic E-state index is 10.7. The molecule has 0 aromatic rings. The second-order valence-electron chi connectivity index (χ2n) is 7.66. The first-order valence-corrected chi connectivity index (χ1v) is 7.19. The monoisotopic (exact) mass is 238 g/mol. The van der Waals surface area contributed by atoms with Crippen molar-refractivity contribution < 1.29 is 10.2 Å². The second-order valence-corrected chi connectivity index (χ2v) is 7.66. The van der Waals surface area contributed by atoms with E-state index in [-0.39, 0.29) is 11.5 Å². The Morgan fingerprint density at radius 3 is 2.47 bits per heavy atom. The van der Waals surface area contributed by atoms with Crippen LogP contribution in [0.15, 0.2) is 0 Å². The molecule has 0 aliphatic heterocycles. The van der Waals surface area contributed by atoms with Crippen LogP contribution in [0.4, 0.5) is 0 Å². The maximum Gasteiger partial charge on any atom is 0.0657 e. The standard InChI is InChI=1S/C15H26O2/c1-8(2)11-9-7-14(3)10(16)5-6-15(4,17)13(14)12(9)11/h8-13,16-17H,5-7H2,1-4H3/t9?,10?,11-,12?,13-,14+,15+/m1/s1. The molecule has 3 unspecified atom stereocenters. The van der Waals surface area contributed by atoms with Gasteiger partial charge in [0.25, 0.3) is 0 Å². The molecule has 3 rings (SSSR count). The molecule has 0 radical (unpaired) electrons. The zero-order chi connectivity index (χ0) is 12.6. The molecule has 2 nitrogen and oxygen atoms in total. The first kappa shape index (κ1) is 12.0. The highest BCUT2D eigenvalue weighted by Crippen LogP contribution is 2.73. The number of hydrogen-bond acceptors (Lipinski definition) is 2. The van der Waals surface area contributed by atoms with Crippen molar-refractivity contribution in [2.24, 2.45) is 35.0 Å². The van der Waals surface area contributed by atoms with Crippen LogP contribution >= 0.6 is 0 Å². The molecular formula is C15H26O2. The third kappa shape index (κ3) is 1.40. The Labute approximate surface area is 104 Å². The SMILES string of the molecule is CC(C)[C@@H]1C2C[C@@]3(C)C(O)CC[C@](C)(O)[C@@H]3C21. The van der Waals surface area contributed by atoms with E-state index in [9.17, 15) is 10.2 Å². The summed E-state index contributed by atoms with van der Waals surface area (Å²) in [6, 6.07) is 0. The van der Waals surface area contributed by atoms with Crippen LogP contribution in [0.25, 0.3) is 0 Å². The van der Waals surface area contributed by atoms with Gasteiger partial charge in [0.2, 0.25) is 0 Å². The summed E-state index contributed by atoms with van der Waals surface area (Å²) < 4.78 is 0. The Balaban J connectivity index is 1.92. The van der Waals surface area contributed by atoms with E-state index < -0.39 is 5.60 Å². The number of hydrogen-bond donors (Lipinski definition) is 2. The first-order chi connectivity index (χ1) is 7.79. The Morgan fingerprint density at radius 2 is 1.88 bits per heavy atom. The normalized spacial score (nSPS) is 61.2. The van der Waals surface area contributed by atoms with Crippen molar-refractivity contribution in [3.63, 3.8) is 0 Å². The van der Waals surface area contributed by atoms with Gasteiger partial charge >= 0.3 is 0 Å². The Kier molecular flexibility index (Phi) is 2.30. The molecule has 2 heteroatoms. The number of rotatable bonds is 1. The van der Waals surface area contributed by atoms with E-state index in [1.165, 1.54) is 0 Å². The van der Waals surface area contributed by atoms with Crippen molar-refractivity contribution in [1.29, 1.82) is 0 Å². The molecule has 7 atom stereocenters. The average Bonchev–Trinajstić information content (AvgIpc) is 2.77. The molecule has 2 N–H and O–H groups in total. The van der Waals surface area contributed by atoms with Crippen LogP contribution in [0, 0.1) is 35.0 Å². The third-order valence-corrected chi connectivity index (χ3v) is 6.19. The van der Waals surface area contributed by atoms with Crippen molar-refractivity contribution >= 4 is 0 Å². The predicted molar refractivity (Wildman–Crippen MR) is 67.4 cm³/mol. The summed E-state index contributed by atoms with van der Waals surface area (Å²) in [5.41, 5.74) is -0.584. The van der Waals surface area contributed by atoms with Crippen molar-refractivity contribution in [1.82, 2.24) is 0 Å². The van der Waals surface area contributed by atoms with Gasteiger partial charge in [-0.2, -0.15) is 0 Å². The van der Waals surface area contributed by atoms with Gasteiger partial charge in [-0.1, -0.05) is 20.8 Å². The molecule has 0 saturated heterocycles. The Hall–Kier alpha value is -0.0800.